The topological polar surface area (TPSA) is 58.6 Å². The molecule has 1 atom stereocenters. The minimum atomic E-state index is -2.85. The van der Waals surface area contributed by atoms with E-state index in [1.54, 1.807) is 12.1 Å². The number of halogens is 2. The van der Waals surface area contributed by atoms with Crippen LogP contribution in [0.4, 0.5) is 13.6 Å². The lowest BCUT2D eigenvalue weighted by atomic mass is 9.70. The minimum absolute atomic E-state index is 0.105. The average molecular weight is 361 g/mol. The molecule has 0 fully saturated rings. The number of amides is 1. The number of hydrogen-bond acceptors (Lipinski definition) is 2. The maximum Gasteiger partial charge on any atom is 0.405 e. The molecule has 3 rings (SSSR count). The first-order valence-electron chi connectivity index (χ1n) is 8.44. The van der Waals surface area contributed by atoms with Crippen LogP contribution in [0.3, 0.4) is 0 Å². The number of benzene rings is 2. The molecule has 26 heavy (non-hydrogen) atoms. The zero-order valence-corrected chi connectivity index (χ0v) is 14.6. The van der Waals surface area contributed by atoms with Crippen LogP contribution >= 0.6 is 0 Å². The number of alkyl halides is 2. The van der Waals surface area contributed by atoms with Crippen molar-refractivity contribution in [1.82, 2.24) is 5.32 Å². The Morgan fingerprint density at radius 2 is 1.85 bits per heavy atom. The average Bonchev–Trinajstić information content (AvgIpc) is 2.57. The Balaban J connectivity index is 1.95. The van der Waals surface area contributed by atoms with E-state index in [1.807, 2.05) is 18.2 Å². The fraction of sp³-hybridized carbons (Fsp3) is 0.350. The number of aryl methyl sites for hydroxylation is 1. The van der Waals surface area contributed by atoms with Gasteiger partial charge in [-0.2, -0.15) is 8.78 Å². The molecule has 0 bridgehead atoms. The van der Waals surface area contributed by atoms with Crippen LogP contribution in [0.2, 0.25) is 0 Å². The Morgan fingerprint density at radius 1 is 1.19 bits per heavy atom. The highest BCUT2D eigenvalue weighted by molar-refractivity contribution is 5.68. The Hall–Kier alpha value is -2.63. The van der Waals surface area contributed by atoms with Gasteiger partial charge in [-0.05, 0) is 58.7 Å². The van der Waals surface area contributed by atoms with Crippen molar-refractivity contribution in [3.05, 3.63) is 53.6 Å². The smallest absolute Gasteiger partial charge is 0.405 e. The van der Waals surface area contributed by atoms with E-state index in [0.29, 0.717) is 0 Å². The highest BCUT2D eigenvalue weighted by Crippen LogP contribution is 2.44. The van der Waals surface area contributed by atoms with Crippen LogP contribution in [-0.2, 0) is 6.42 Å². The first-order chi connectivity index (χ1) is 12.3. The van der Waals surface area contributed by atoms with E-state index in [0.717, 1.165) is 35.1 Å². The Bertz CT molecular complexity index is 803. The van der Waals surface area contributed by atoms with Crippen molar-refractivity contribution in [2.45, 2.75) is 39.3 Å². The van der Waals surface area contributed by atoms with Crippen molar-refractivity contribution in [2.24, 2.45) is 5.41 Å². The second-order valence-electron chi connectivity index (χ2n) is 7.19. The molecule has 0 saturated carbocycles. The van der Waals surface area contributed by atoms with Gasteiger partial charge in [-0.15, -0.1) is 0 Å². The van der Waals surface area contributed by atoms with E-state index in [2.05, 4.69) is 23.9 Å². The summed E-state index contributed by atoms with van der Waals surface area (Å²) in [7, 11) is 0. The van der Waals surface area contributed by atoms with Gasteiger partial charge < -0.3 is 15.2 Å². The quantitative estimate of drug-likeness (QED) is 0.783. The second kappa shape index (κ2) is 6.94. The van der Waals surface area contributed by atoms with E-state index >= 15 is 0 Å². The lowest BCUT2D eigenvalue weighted by Crippen LogP contribution is -2.40. The van der Waals surface area contributed by atoms with Crippen molar-refractivity contribution in [3.8, 4) is 16.9 Å². The van der Waals surface area contributed by atoms with Gasteiger partial charge in [0.05, 0.1) is 6.04 Å². The number of ether oxygens (including phenoxy) is 1. The molecule has 2 N–H and O–H groups in total. The number of nitrogens with one attached hydrogen (secondary N) is 1. The Kier molecular flexibility index (Phi) is 4.85. The van der Waals surface area contributed by atoms with Gasteiger partial charge in [0.2, 0.25) is 0 Å². The predicted molar refractivity (Wildman–Crippen MR) is 94.5 cm³/mol. The molecule has 1 amide bonds. The lowest BCUT2D eigenvalue weighted by Gasteiger charge is -2.40. The lowest BCUT2D eigenvalue weighted by molar-refractivity contribution is -0.0498. The summed E-state index contributed by atoms with van der Waals surface area (Å²) in [5.41, 5.74) is 3.66. The molecule has 0 aliphatic heterocycles. The van der Waals surface area contributed by atoms with Crippen LogP contribution in [0.1, 0.15) is 37.4 Å². The van der Waals surface area contributed by atoms with Gasteiger partial charge in [-0.25, -0.2) is 4.79 Å². The summed E-state index contributed by atoms with van der Waals surface area (Å²) < 4.78 is 28.9. The van der Waals surface area contributed by atoms with Gasteiger partial charge in [0.1, 0.15) is 5.75 Å². The molecule has 1 aliphatic carbocycles. The van der Waals surface area contributed by atoms with E-state index in [-0.39, 0.29) is 17.2 Å². The van der Waals surface area contributed by atoms with Gasteiger partial charge in [0, 0.05) is 0 Å². The Labute approximate surface area is 150 Å². The first-order valence-corrected chi connectivity index (χ1v) is 8.44. The second-order valence-corrected chi connectivity index (χ2v) is 7.19. The van der Waals surface area contributed by atoms with Crippen LogP contribution in [0.5, 0.6) is 5.75 Å². The third-order valence-electron chi connectivity index (χ3n) is 4.96. The number of carbonyl (C=O) groups is 1. The molecule has 138 valence electrons. The van der Waals surface area contributed by atoms with Gasteiger partial charge in [-0.1, -0.05) is 38.1 Å². The van der Waals surface area contributed by atoms with E-state index < -0.39 is 12.7 Å². The zero-order valence-electron chi connectivity index (χ0n) is 14.6. The van der Waals surface area contributed by atoms with Gasteiger partial charge in [0.15, 0.2) is 0 Å². The molecule has 2 aromatic rings. The molecule has 0 aromatic heterocycles. The molecule has 0 heterocycles. The number of carboxylic acid groups (broad SMARTS) is 1. The summed E-state index contributed by atoms with van der Waals surface area (Å²) in [6.07, 6.45) is 0.737. The molecule has 0 unspecified atom stereocenters. The molecule has 6 heteroatoms. The number of hydrogen-bond donors (Lipinski definition) is 2. The maximum atomic E-state index is 12.3. The highest BCUT2D eigenvalue weighted by Gasteiger charge is 2.37. The van der Waals surface area contributed by atoms with Gasteiger partial charge in [0.25, 0.3) is 0 Å². The van der Waals surface area contributed by atoms with Gasteiger partial charge in [-0.3, -0.25) is 0 Å². The van der Waals surface area contributed by atoms with Crippen LogP contribution in [0.25, 0.3) is 11.1 Å². The van der Waals surface area contributed by atoms with E-state index in [1.165, 1.54) is 12.1 Å². The van der Waals surface area contributed by atoms with Gasteiger partial charge >= 0.3 is 12.7 Å². The summed E-state index contributed by atoms with van der Waals surface area (Å²) in [5.74, 6) is 0.105. The number of rotatable bonds is 4. The van der Waals surface area contributed by atoms with E-state index in [9.17, 15) is 18.7 Å². The molecule has 0 radical (unpaired) electrons. The van der Waals surface area contributed by atoms with Crippen molar-refractivity contribution in [3.63, 3.8) is 0 Å². The normalized spacial score (nSPS) is 18.3. The van der Waals surface area contributed by atoms with Crippen LogP contribution in [0, 0.1) is 5.41 Å². The standard InChI is InChI=1S/C20H21F2NO3/c1-20(2)10-9-13-3-4-14(11-16(13)17(20)23-19(24)25)12-5-7-15(8-6-12)26-18(21)22/h3-8,11,17-18,23H,9-10H2,1-2H3,(H,24,25)/t17-/m1/s1. The fourth-order valence-electron chi connectivity index (χ4n) is 3.52. The minimum Gasteiger partial charge on any atom is -0.465 e. The highest BCUT2D eigenvalue weighted by atomic mass is 19.3. The largest absolute Gasteiger partial charge is 0.465 e. The van der Waals surface area contributed by atoms with Crippen molar-refractivity contribution in [1.29, 1.82) is 0 Å². The molecular formula is C20H21F2NO3. The SMILES string of the molecule is CC1(C)CCc2ccc(-c3ccc(OC(F)F)cc3)cc2[C@H]1NC(=O)O. The summed E-state index contributed by atoms with van der Waals surface area (Å²) in [6.45, 7) is 1.26. The fourth-order valence-corrected chi connectivity index (χ4v) is 3.52. The summed E-state index contributed by atoms with van der Waals surface area (Å²) >= 11 is 0. The van der Waals surface area contributed by atoms with Crippen molar-refractivity contribution in [2.75, 3.05) is 0 Å². The molecule has 2 aromatic carbocycles. The molecule has 4 nitrogen and oxygen atoms in total. The molecule has 0 saturated heterocycles. The Morgan fingerprint density at radius 3 is 2.46 bits per heavy atom. The molecule has 1 aliphatic rings. The van der Waals surface area contributed by atoms with E-state index in [4.69, 9.17) is 0 Å². The predicted octanol–water partition coefficient (Wildman–Crippen LogP) is 5.24. The monoisotopic (exact) mass is 361 g/mol. The number of fused-ring (bicyclic) bond motifs is 1. The van der Waals surface area contributed by atoms with Crippen LogP contribution < -0.4 is 10.1 Å². The van der Waals surface area contributed by atoms with Crippen LogP contribution in [0.15, 0.2) is 42.5 Å². The van der Waals surface area contributed by atoms with Crippen molar-refractivity contribution >= 4 is 6.09 Å². The van der Waals surface area contributed by atoms with Crippen LogP contribution in [-0.4, -0.2) is 17.8 Å². The summed E-state index contributed by atoms with van der Waals surface area (Å²) in [4.78, 5) is 11.3. The summed E-state index contributed by atoms with van der Waals surface area (Å²) in [5, 5.41) is 11.9. The third kappa shape index (κ3) is 3.79. The maximum absolute atomic E-state index is 12.3. The third-order valence-corrected chi connectivity index (χ3v) is 4.96. The summed E-state index contributed by atoms with van der Waals surface area (Å²) in [6, 6.07) is 12.1. The van der Waals surface area contributed by atoms with Crippen molar-refractivity contribution < 1.29 is 23.4 Å². The molecule has 0 spiro atoms. The first kappa shape index (κ1) is 18.2. The molecular weight excluding hydrogens is 340 g/mol. The zero-order chi connectivity index (χ0) is 18.9.